The zero-order valence-corrected chi connectivity index (χ0v) is 11.5. The summed E-state index contributed by atoms with van der Waals surface area (Å²) in [5, 5.41) is 7.80. The van der Waals surface area contributed by atoms with Crippen LogP contribution < -0.4 is 5.32 Å². The molecule has 0 aliphatic heterocycles. The van der Waals surface area contributed by atoms with Gasteiger partial charge in [-0.2, -0.15) is 5.10 Å². The average molecular weight is 259 g/mol. The van der Waals surface area contributed by atoms with Gasteiger partial charge in [-0.15, -0.1) is 0 Å². The van der Waals surface area contributed by atoms with Crippen molar-refractivity contribution < 1.29 is 4.74 Å². The maximum Gasteiger partial charge on any atom is 0.0645 e. The number of aromatic nitrogens is 2. The van der Waals surface area contributed by atoms with E-state index in [-0.39, 0.29) is 0 Å². The van der Waals surface area contributed by atoms with Gasteiger partial charge < -0.3 is 10.1 Å². The van der Waals surface area contributed by atoms with Crippen LogP contribution in [-0.4, -0.2) is 36.1 Å². The fraction of sp³-hybridized carbons (Fsp3) is 0.400. The highest BCUT2D eigenvalue weighted by Crippen LogP contribution is 2.07. The molecule has 2 aromatic rings. The number of methoxy groups -OCH3 is 1. The Morgan fingerprint density at radius 1 is 1.32 bits per heavy atom. The number of hydrogen-bond donors (Lipinski definition) is 1. The fourth-order valence-electron chi connectivity index (χ4n) is 1.98. The van der Waals surface area contributed by atoms with E-state index in [1.165, 1.54) is 5.56 Å². The number of para-hydroxylation sites is 1. The molecule has 4 heteroatoms. The molecule has 0 fully saturated rings. The van der Waals surface area contributed by atoms with Gasteiger partial charge in [-0.3, -0.25) is 0 Å². The molecule has 1 aromatic heterocycles. The topological polar surface area (TPSA) is 39.1 Å². The smallest absolute Gasteiger partial charge is 0.0645 e. The first-order chi connectivity index (χ1) is 9.29. The van der Waals surface area contributed by atoms with E-state index in [1.807, 2.05) is 29.1 Å². The zero-order chi connectivity index (χ0) is 13.5. The molecule has 0 bridgehead atoms. The Morgan fingerprint density at radius 3 is 2.84 bits per heavy atom. The molecule has 0 saturated heterocycles. The largest absolute Gasteiger partial charge is 0.383 e. The van der Waals surface area contributed by atoms with Crippen LogP contribution in [0.2, 0.25) is 0 Å². The molecule has 0 aliphatic rings. The molecule has 1 unspecified atom stereocenters. The van der Waals surface area contributed by atoms with Gasteiger partial charge in [0.05, 0.1) is 18.5 Å². The lowest BCUT2D eigenvalue weighted by Gasteiger charge is -2.11. The van der Waals surface area contributed by atoms with Crippen LogP contribution in [0.5, 0.6) is 0 Å². The Bertz CT molecular complexity index is 481. The molecule has 2 rings (SSSR count). The van der Waals surface area contributed by atoms with Gasteiger partial charge in [0.15, 0.2) is 0 Å². The maximum atomic E-state index is 5.09. The normalized spacial score (nSPS) is 12.5. The van der Waals surface area contributed by atoms with E-state index >= 15 is 0 Å². The van der Waals surface area contributed by atoms with Gasteiger partial charge >= 0.3 is 0 Å². The van der Waals surface area contributed by atoms with Crippen molar-refractivity contribution in [2.45, 2.75) is 19.4 Å². The first-order valence-corrected chi connectivity index (χ1v) is 6.61. The minimum absolute atomic E-state index is 0.383. The third kappa shape index (κ3) is 4.19. The Hall–Kier alpha value is -1.65. The number of hydrogen-bond acceptors (Lipinski definition) is 3. The molecule has 0 spiro atoms. The monoisotopic (exact) mass is 259 g/mol. The number of nitrogens with one attached hydrogen (secondary N) is 1. The molecule has 1 atom stereocenters. The lowest BCUT2D eigenvalue weighted by Crippen LogP contribution is -2.31. The van der Waals surface area contributed by atoms with Crippen molar-refractivity contribution in [2.75, 3.05) is 20.3 Å². The van der Waals surface area contributed by atoms with Gasteiger partial charge in [-0.25, -0.2) is 4.68 Å². The summed E-state index contributed by atoms with van der Waals surface area (Å²) in [6.45, 7) is 3.80. The summed E-state index contributed by atoms with van der Waals surface area (Å²) in [4.78, 5) is 0. The summed E-state index contributed by atoms with van der Waals surface area (Å²) in [7, 11) is 1.72. The molecule has 0 amide bonds. The van der Waals surface area contributed by atoms with Crippen LogP contribution in [0.25, 0.3) is 5.69 Å². The molecule has 1 N–H and O–H groups in total. The number of ether oxygens (including phenoxy) is 1. The molecule has 0 aliphatic carbocycles. The van der Waals surface area contributed by atoms with Crippen LogP contribution in [-0.2, 0) is 11.2 Å². The maximum absolute atomic E-state index is 5.09. The highest BCUT2D eigenvalue weighted by atomic mass is 16.5. The third-order valence-corrected chi connectivity index (χ3v) is 2.98. The third-order valence-electron chi connectivity index (χ3n) is 2.98. The van der Waals surface area contributed by atoms with Crippen LogP contribution in [0.15, 0.2) is 42.7 Å². The van der Waals surface area contributed by atoms with Crippen molar-refractivity contribution in [2.24, 2.45) is 0 Å². The Morgan fingerprint density at radius 2 is 2.11 bits per heavy atom. The fourth-order valence-corrected chi connectivity index (χ4v) is 1.98. The summed E-state index contributed by atoms with van der Waals surface area (Å²) < 4.78 is 7.00. The number of nitrogens with zero attached hydrogens (tertiary/aromatic N) is 2. The lowest BCUT2D eigenvalue weighted by atomic mass is 10.2. The minimum Gasteiger partial charge on any atom is -0.383 e. The highest BCUT2D eigenvalue weighted by Gasteiger charge is 2.02. The molecular formula is C15H21N3O. The Balaban J connectivity index is 1.85. The van der Waals surface area contributed by atoms with Crippen molar-refractivity contribution in [3.05, 3.63) is 48.3 Å². The summed E-state index contributed by atoms with van der Waals surface area (Å²) in [6.07, 6.45) is 4.98. The second-order valence-electron chi connectivity index (χ2n) is 4.69. The van der Waals surface area contributed by atoms with Crippen molar-refractivity contribution >= 4 is 0 Å². The van der Waals surface area contributed by atoms with Gasteiger partial charge in [-0.05, 0) is 37.6 Å². The summed E-state index contributed by atoms with van der Waals surface area (Å²) in [6, 6.07) is 10.5. The molecule has 0 radical (unpaired) electrons. The van der Waals surface area contributed by atoms with E-state index in [4.69, 9.17) is 4.74 Å². The standard InChI is InChI=1S/C15H21N3O/c1-13(12-19-2)16-9-8-14-10-17-18(11-14)15-6-4-3-5-7-15/h3-7,10-11,13,16H,8-9,12H2,1-2H3. The average Bonchev–Trinajstić information content (AvgIpc) is 2.89. The predicted molar refractivity (Wildman–Crippen MR) is 76.6 cm³/mol. The first-order valence-electron chi connectivity index (χ1n) is 6.61. The summed E-state index contributed by atoms with van der Waals surface area (Å²) in [5.41, 5.74) is 2.33. The van der Waals surface area contributed by atoms with Crippen molar-refractivity contribution in [3.63, 3.8) is 0 Å². The van der Waals surface area contributed by atoms with E-state index in [0.29, 0.717) is 6.04 Å². The van der Waals surface area contributed by atoms with E-state index in [1.54, 1.807) is 7.11 Å². The SMILES string of the molecule is COCC(C)NCCc1cnn(-c2ccccc2)c1. The van der Waals surface area contributed by atoms with E-state index in [2.05, 4.69) is 35.7 Å². The predicted octanol–water partition coefficient (Wildman–Crippen LogP) is 2.04. The van der Waals surface area contributed by atoms with Crippen LogP contribution in [0.4, 0.5) is 0 Å². The van der Waals surface area contributed by atoms with Crippen LogP contribution in [0.1, 0.15) is 12.5 Å². The molecule has 4 nitrogen and oxygen atoms in total. The Labute approximate surface area is 114 Å². The first kappa shape index (κ1) is 13.8. The lowest BCUT2D eigenvalue weighted by molar-refractivity contribution is 0.172. The molecule has 0 saturated carbocycles. The molecular weight excluding hydrogens is 238 g/mol. The second kappa shape index (κ2) is 7.07. The van der Waals surface area contributed by atoms with Gasteiger partial charge in [-0.1, -0.05) is 18.2 Å². The van der Waals surface area contributed by atoms with Crippen molar-refractivity contribution in [3.8, 4) is 5.69 Å². The molecule has 102 valence electrons. The number of rotatable bonds is 7. The minimum atomic E-state index is 0.383. The van der Waals surface area contributed by atoms with Crippen LogP contribution in [0, 0.1) is 0 Å². The summed E-state index contributed by atoms with van der Waals surface area (Å²) >= 11 is 0. The van der Waals surface area contributed by atoms with Crippen molar-refractivity contribution in [1.82, 2.24) is 15.1 Å². The van der Waals surface area contributed by atoms with Crippen LogP contribution >= 0.6 is 0 Å². The van der Waals surface area contributed by atoms with Crippen molar-refractivity contribution in [1.29, 1.82) is 0 Å². The van der Waals surface area contributed by atoms with E-state index < -0.39 is 0 Å². The summed E-state index contributed by atoms with van der Waals surface area (Å²) in [5.74, 6) is 0. The molecule has 19 heavy (non-hydrogen) atoms. The van der Waals surface area contributed by atoms with Gasteiger partial charge in [0.25, 0.3) is 0 Å². The highest BCUT2D eigenvalue weighted by molar-refractivity contribution is 5.30. The Kier molecular flexibility index (Phi) is 5.12. The quantitative estimate of drug-likeness (QED) is 0.827. The van der Waals surface area contributed by atoms with E-state index in [0.717, 1.165) is 25.3 Å². The van der Waals surface area contributed by atoms with Gasteiger partial charge in [0, 0.05) is 19.3 Å². The van der Waals surface area contributed by atoms with Gasteiger partial charge in [0.2, 0.25) is 0 Å². The molecule has 1 aromatic carbocycles. The van der Waals surface area contributed by atoms with E-state index in [9.17, 15) is 0 Å². The molecule has 1 heterocycles. The second-order valence-corrected chi connectivity index (χ2v) is 4.69. The zero-order valence-electron chi connectivity index (χ0n) is 11.5. The van der Waals surface area contributed by atoms with Gasteiger partial charge in [0.1, 0.15) is 0 Å². The number of benzene rings is 1. The van der Waals surface area contributed by atoms with Crippen LogP contribution in [0.3, 0.4) is 0 Å².